The molecule has 0 unspecified atom stereocenters. The monoisotopic (exact) mass is 393 g/mol. The Bertz CT molecular complexity index is 969. The Hall–Kier alpha value is -3.11. The number of carbonyl (C=O) groups excluding carboxylic acids is 1. The summed E-state index contributed by atoms with van der Waals surface area (Å²) in [5.74, 6) is -1.12. The van der Waals surface area contributed by atoms with Gasteiger partial charge in [0.25, 0.3) is 5.91 Å². The molecule has 0 aliphatic carbocycles. The van der Waals surface area contributed by atoms with E-state index in [1.54, 1.807) is 18.2 Å². The first-order valence-electron chi connectivity index (χ1n) is 9.00. The van der Waals surface area contributed by atoms with E-state index < -0.39 is 5.97 Å². The average Bonchev–Trinajstić information content (AvgIpc) is 2.72. The largest absolute Gasteiger partial charge is 0.481 e. The first-order chi connectivity index (χ1) is 13.5. The van der Waals surface area contributed by atoms with Gasteiger partial charge < -0.3 is 10.4 Å². The van der Waals surface area contributed by atoms with Gasteiger partial charge in [-0.25, -0.2) is 0 Å². The van der Waals surface area contributed by atoms with E-state index >= 15 is 0 Å². The van der Waals surface area contributed by atoms with E-state index in [4.69, 9.17) is 16.7 Å². The van der Waals surface area contributed by atoms with Crippen LogP contribution >= 0.6 is 11.6 Å². The number of carboxylic acids is 1. The molecule has 2 N–H and O–H groups in total. The second kappa shape index (κ2) is 9.20. The smallest absolute Gasteiger partial charge is 0.303 e. The fraction of sp³-hybridized carbons (Fsp3) is 0.130. The SMILES string of the molecule is O=C(O)CCCNC(=O)c1ccc(Cl)c(-c2ccc(-c3ccccc3)cc2)c1. The van der Waals surface area contributed by atoms with E-state index in [1.165, 1.54) is 0 Å². The molecule has 1 amide bonds. The summed E-state index contributed by atoms with van der Waals surface area (Å²) in [6.45, 7) is 0.314. The van der Waals surface area contributed by atoms with Crippen LogP contribution in [0.25, 0.3) is 22.3 Å². The topological polar surface area (TPSA) is 66.4 Å². The molecule has 3 rings (SSSR count). The molecule has 0 aliphatic rings. The van der Waals surface area contributed by atoms with E-state index in [1.807, 2.05) is 42.5 Å². The molecule has 28 heavy (non-hydrogen) atoms. The molecule has 0 saturated carbocycles. The molecule has 3 aromatic rings. The number of halogens is 1. The molecule has 0 fully saturated rings. The minimum atomic E-state index is -0.873. The van der Waals surface area contributed by atoms with Crippen molar-refractivity contribution in [3.05, 3.63) is 83.4 Å². The van der Waals surface area contributed by atoms with E-state index in [-0.39, 0.29) is 12.3 Å². The first kappa shape index (κ1) is 19.6. The van der Waals surface area contributed by atoms with Crippen molar-refractivity contribution < 1.29 is 14.7 Å². The number of carbonyl (C=O) groups is 2. The van der Waals surface area contributed by atoms with Gasteiger partial charge in [-0.3, -0.25) is 9.59 Å². The lowest BCUT2D eigenvalue weighted by molar-refractivity contribution is -0.137. The zero-order valence-electron chi connectivity index (χ0n) is 15.2. The minimum absolute atomic E-state index is 0.0277. The van der Waals surface area contributed by atoms with Crippen LogP contribution in [0.5, 0.6) is 0 Å². The van der Waals surface area contributed by atoms with Crippen LogP contribution in [0.1, 0.15) is 23.2 Å². The molecular formula is C23H20ClNO3. The zero-order valence-corrected chi connectivity index (χ0v) is 15.9. The number of hydrogen-bond acceptors (Lipinski definition) is 2. The molecule has 3 aromatic carbocycles. The van der Waals surface area contributed by atoms with Crippen LogP contribution in [-0.2, 0) is 4.79 Å². The summed E-state index contributed by atoms with van der Waals surface area (Å²) >= 11 is 6.36. The van der Waals surface area contributed by atoms with Crippen molar-refractivity contribution in [2.45, 2.75) is 12.8 Å². The number of aliphatic carboxylic acids is 1. The van der Waals surface area contributed by atoms with Crippen LogP contribution < -0.4 is 5.32 Å². The van der Waals surface area contributed by atoms with Gasteiger partial charge in [-0.15, -0.1) is 0 Å². The van der Waals surface area contributed by atoms with Crippen molar-refractivity contribution in [3.8, 4) is 22.3 Å². The van der Waals surface area contributed by atoms with Crippen LogP contribution in [-0.4, -0.2) is 23.5 Å². The maximum absolute atomic E-state index is 12.3. The molecule has 0 atom stereocenters. The highest BCUT2D eigenvalue weighted by Crippen LogP contribution is 2.31. The van der Waals surface area contributed by atoms with Crippen molar-refractivity contribution in [1.82, 2.24) is 5.32 Å². The normalized spacial score (nSPS) is 10.5. The third-order valence-corrected chi connectivity index (χ3v) is 4.71. The molecule has 0 aromatic heterocycles. The second-order valence-corrected chi connectivity index (χ2v) is 6.80. The Labute approximate surface area is 168 Å². The Balaban J connectivity index is 1.76. The predicted molar refractivity (Wildman–Crippen MR) is 112 cm³/mol. The number of nitrogens with one attached hydrogen (secondary N) is 1. The van der Waals surface area contributed by atoms with Gasteiger partial charge >= 0.3 is 5.97 Å². The number of amides is 1. The zero-order chi connectivity index (χ0) is 19.9. The van der Waals surface area contributed by atoms with E-state index in [0.29, 0.717) is 23.6 Å². The summed E-state index contributed by atoms with van der Waals surface area (Å²) in [4.78, 5) is 22.9. The number of hydrogen-bond donors (Lipinski definition) is 2. The molecule has 0 spiro atoms. The maximum Gasteiger partial charge on any atom is 0.303 e. The Kier molecular flexibility index (Phi) is 6.45. The van der Waals surface area contributed by atoms with Crippen molar-refractivity contribution in [2.75, 3.05) is 6.54 Å². The standard InChI is InChI=1S/C23H20ClNO3/c24-21-13-12-19(23(28)25-14-4-7-22(26)27)15-20(21)18-10-8-17(9-11-18)16-5-2-1-3-6-16/h1-3,5-6,8-13,15H,4,7,14H2,(H,25,28)(H,26,27). The van der Waals surface area contributed by atoms with Gasteiger partial charge in [0.15, 0.2) is 0 Å². The summed E-state index contributed by atoms with van der Waals surface area (Å²) in [5, 5.41) is 12.0. The van der Waals surface area contributed by atoms with E-state index in [9.17, 15) is 9.59 Å². The molecule has 0 aliphatic heterocycles. The lowest BCUT2D eigenvalue weighted by Crippen LogP contribution is -2.24. The molecule has 4 nitrogen and oxygen atoms in total. The van der Waals surface area contributed by atoms with Gasteiger partial charge in [0.2, 0.25) is 0 Å². The first-order valence-corrected chi connectivity index (χ1v) is 9.38. The lowest BCUT2D eigenvalue weighted by atomic mass is 9.99. The number of carboxylic acid groups (broad SMARTS) is 1. The molecule has 142 valence electrons. The summed E-state index contributed by atoms with van der Waals surface area (Å²) in [5.41, 5.74) is 4.42. The van der Waals surface area contributed by atoms with Crippen molar-refractivity contribution >= 4 is 23.5 Å². The lowest BCUT2D eigenvalue weighted by Gasteiger charge is -2.10. The molecule has 5 heteroatoms. The van der Waals surface area contributed by atoms with Crippen molar-refractivity contribution in [3.63, 3.8) is 0 Å². The van der Waals surface area contributed by atoms with Crippen molar-refractivity contribution in [2.24, 2.45) is 0 Å². The fourth-order valence-electron chi connectivity index (χ4n) is 2.90. The summed E-state index contributed by atoms with van der Waals surface area (Å²) in [7, 11) is 0. The molecule has 0 bridgehead atoms. The van der Waals surface area contributed by atoms with Gasteiger partial charge in [-0.2, -0.15) is 0 Å². The second-order valence-electron chi connectivity index (χ2n) is 6.39. The van der Waals surface area contributed by atoms with E-state index in [0.717, 1.165) is 22.3 Å². The van der Waals surface area contributed by atoms with Gasteiger partial charge in [-0.05, 0) is 41.3 Å². The van der Waals surface area contributed by atoms with Crippen LogP contribution in [0.3, 0.4) is 0 Å². The Morgan fingerprint density at radius 3 is 2.18 bits per heavy atom. The van der Waals surface area contributed by atoms with Gasteiger partial charge in [0.05, 0.1) is 0 Å². The Morgan fingerprint density at radius 2 is 1.50 bits per heavy atom. The van der Waals surface area contributed by atoms with Crippen LogP contribution in [0.4, 0.5) is 0 Å². The van der Waals surface area contributed by atoms with Crippen LogP contribution in [0.15, 0.2) is 72.8 Å². The third-order valence-electron chi connectivity index (χ3n) is 4.38. The summed E-state index contributed by atoms with van der Waals surface area (Å²) < 4.78 is 0. The highest BCUT2D eigenvalue weighted by molar-refractivity contribution is 6.33. The van der Waals surface area contributed by atoms with Gasteiger partial charge in [0.1, 0.15) is 0 Å². The average molecular weight is 394 g/mol. The fourth-order valence-corrected chi connectivity index (χ4v) is 3.13. The molecule has 0 radical (unpaired) electrons. The Morgan fingerprint density at radius 1 is 0.857 bits per heavy atom. The summed E-state index contributed by atoms with van der Waals surface area (Å²) in [6, 6.07) is 23.2. The maximum atomic E-state index is 12.3. The minimum Gasteiger partial charge on any atom is -0.481 e. The number of rotatable bonds is 7. The van der Waals surface area contributed by atoms with Crippen LogP contribution in [0.2, 0.25) is 5.02 Å². The predicted octanol–water partition coefficient (Wildman–Crippen LogP) is 5.27. The third kappa shape index (κ3) is 4.99. The molecular weight excluding hydrogens is 374 g/mol. The highest BCUT2D eigenvalue weighted by Gasteiger charge is 2.11. The van der Waals surface area contributed by atoms with Crippen LogP contribution in [0, 0.1) is 0 Å². The highest BCUT2D eigenvalue weighted by atomic mass is 35.5. The van der Waals surface area contributed by atoms with Gasteiger partial charge in [0, 0.05) is 29.1 Å². The molecule has 0 heterocycles. The van der Waals surface area contributed by atoms with Crippen molar-refractivity contribution in [1.29, 1.82) is 0 Å². The molecule has 0 saturated heterocycles. The summed E-state index contributed by atoms with van der Waals surface area (Å²) in [6.07, 6.45) is 0.419. The quantitative estimate of drug-likeness (QED) is 0.537. The van der Waals surface area contributed by atoms with Gasteiger partial charge in [-0.1, -0.05) is 66.2 Å². The van der Waals surface area contributed by atoms with E-state index in [2.05, 4.69) is 17.4 Å². The number of benzene rings is 3.